The van der Waals surface area contributed by atoms with E-state index in [9.17, 15) is 0 Å². The van der Waals surface area contributed by atoms with Gasteiger partial charge in [0.05, 0.1) is 20.8 Å². The predicted molar refractivity (Wildman–Crippen MR) is 93.1 cm³/mol. The summed E-state index contributed by atoms with van der Waals surface area (Å²) in [5.74, 6) is 1.87. The molecular formula is C14H22IN3O2. The fraction of sp³-hybridized carbons (Fsp3) is 0.357. The van der Waals surface area contributed by atoms with E-state index in [2.05, 4.69) is 16.9 Å². The molecule has 0 saturated heterocycles. The third kappa shape index (κ3) is 6.14. The van der Waals surface area contributed by atoms with Crippen LogP contribution >= 0.6 is 24.0 Å². The van der Waals surface area contributed by atoms with E-state index in [1.54, 1.807) is 14.2 Å². The van der Waals surface area contributed by atoms with Gasteiger partial charge in [-0.2, -0.15) is 0 Å². The Bertz CT molecular complexity index is 475. The van der Waals surface area contributed by atoms with Gasteiger partial charge in [0.15, 0.2) is 5.96 Å². The van der Waals surface area contributed by atoms with E-state index in [1.165, 1.54) is 0 Å². The number of guanidine groups is 1. The summed E-state index contributed by atoms with van der Waals surface area (Å²) in [5, 5.41) is 2.98. The van der Waals surface area contributed by atoms with E-state index in [4.69, 9.17) is 15.2 Å². The zero-order chi connectivity index (χ0) is 14.3. The molecule has 0 saturated carbocycles. The Morgan fingerprint density at radius 1 is 1.35 bits per heavy atom. The Kier molecular flexibility index (Phi) is 8.78. The third-order valence-corrected chi connectivity index (χ3v) is 2.49. The number of methoxy groups -OCH3 is 2. The fourth-order valence-electron chi connectivity index (χ4n) is 1.45. The number of aliphatic imine (C=N–C) groups is 1. The van der Waals surface area contributed by atoms with Gasteiger partial charge in [-0.3, -0.25) is 0 Å². The van der Waals surface area contributed by atoms with Gasteiger partial charge in [-0.15, -0.1) is 24.0 Å². The molecular weight excluding hydrogens is 369 g/mol. The van der Waals surface area contributed by atoms with Crippen molar-refractivity contribution >= 4 is 29.9 Å². The smallest absolute Gasteiger partial charge is 0.189 e. The van der Waals surface area contributed by atoms with E-state index < -0.39 is 0 Å². The number of benzene rings is 1. The van der Waals surface area contributed by atoms with Crippen LogP contribution in [0.3, 0.4) is 0 Å². The number of ether oxygens (including phenoxy) is 2. The minimum atomic E-state index is 0. The van der Waals surface area contributed by atoms with E-state index in [0.717, 1.165) is 22.6 Å². The van der Waals surface area contributed by atoms with Crippen LogP contribution in [-0.2, 0) is 6.54 Å². The van der Waals surface area contributed by atoms with Gasteiger partial charge >= 0.3 is 0 Å². The molecule has 0 aliphatic carbocycles. The standard InChI is InChI=1S/C14H21N3O2.HI/c1-10(2)8-16-14(15)17-9-11-5-6-12(18-3)7-13(11)19-4;/h5-7H,1,8-9H2,2-4H3,(H3,15,16,17);1H. The van der Waals surface area contributed by atoms with Crippen LogP contribution in [0.1, 0.15) is 12.5 Å². The van der Waals surface area contributed by atoms with Gasteiger partial charge in [0.1, 0.15) is 11.5 Å². The van der Waals surface area contributed by atoms with Crippen LogP contribution < -0.4 is 20.5 Å². The number of hydrogen-bond acceptors (Lipinski definition) is 3. The van der Waals surface area contributed by atoms with Crippen molar-refractivity contribution in [3.8, 4) is 11.5 Å². The maximum Gasteiger partial charge on any atom is 0.189 e. The topological polar surface area (TPSA) is 68.9 Å². The number of nitrogens with one attached hydrogen (secondary N) is 1. The summed E-state index contributed by atoms with van der Waals surface area (Å²) in [6.45, 7) is 6.78. The van der Waals surface area contributed by atoms with Crippen LogP contribution in [0.25, 0.3) is 0 Å². The predicted octanol–water partition coefficient (Wildman–Crippen LogP) is 2.30. The number of rotatable bonds is 6. The average Bonchev–Trinajstić information content (AvgIpc) is 2.42. The van der Waals surface area contributed by atoms with Gasteiger partial charge < -0.3 is 20.5 Å². The second-order valence-corrected chi connectivity index (χ2v) is 4.19. The molecule has 0 amide bonds. The normalized spacial score (nSPS) is 10.4. The summed E-state index contributed by atoms with van der Waals surface area (Å²) in [6.07, 6.45) is 0. The summed E-state index contributed by atoms with van der Waals surface area (Å²) in [5.41, 5.74) is 7.70. The van der Waals surface area contributed by atoms with Crippen molar-refractivity contribution in [2.45, 2.75) is 13.5 Å². The summed E-state index contributed by atoms with van der Waals surface area (Å²) >= 11 is 0. The van der Waals surface area contributed by atoms with E-state index >= 15 is 0 Å². The lowest BCUT2D eigenvalue weighted by Gasteiger charge is -2.09. The first kappa shape index (κ1) is 18.6. The van der Waals surface area contributed by atoms with Crippen LogP contribution in [-0.4, -0.2) is 26.7 Å². The molecule has 0 spiro atoms. The minimum absolute atomic E-state index is 0. The highest BCUT2D eigenvalue weighted by atomic mass is 127. The SMILES string of the molecule is C=C(C)CNC(N)=NCc1ccc(OC)cc1OC.I. The second-order valence-electron chi connectivity index (χ2n) is 4.19. The van der Waals surface area contributed by atoms with Crippen LogP contribution in [0.2, 0.25) is 0 Å². The van der Waals surface area contributed by atoms with Gasteiger partial charge in [0, 0.05) is 18.2 Å². The molecule has 5 nitrogen and oxygen atoms in total. The molecule has 3 N–H and O–H groups in total. The number of hydrogen-bond donors (Lipinski definition) is 2. The molecule has 112 valence electrons. The third-order valence-electron chi connectivity index (χ3n) is 2.49. The molecule has 6 heteroatoms. The van der Waals surface area contributed by atoms with Crippen molar-refractivity contribution in [3.63, 3.8) is 0 Å². The minimum Gasteiger partial charge on any atom is -0.497 e. The summed E-state index contributed by atoms with van der Waals surface area (Å²) in [6, 6.07) is 5.60. The molecule has 1 rings (SSSR count). The Morgan fingerprint density at radius 2 is 2.05 bits per heavy atom. The van der Waals surface area contributed by atoms with Crippen LogP contribution in [0.5, 0.6) is 11.5 Å². The first-order valence-corrected chi connectivity index (χ1v) is 5.96. The molecule has 0 aliphatic rings. The zero-order valence-corrected chi connectivity index (χ0v) is 14.4. The first-order chi connectivity index (χ1) is 9.06. The summed E-state index contributed by atoms with van der Waals surface area (Å²) < 4.78 is 10.4. The molecule has 1 aromatic carbocycles. The Hall–Kier alpha value is -1.44. The van der Waals surface area contributed by atoms with Crippen molar-refractivity contribution in [2.24, 2.45) is 10.7 Å². The Morgan fingerprint density at radius 3 is 2.60 bits per heavy atom. The molecule has 0 aliphatic heterocycles. The maximum atomic E-state index is 5.75. The molecule has 0 atom stereocenters. The zero-order valence-electron chi connectivity index (χ0n) is 12.1. The van der Waals surface area contributed by atoms with Crippen molar-refractivity contribution in [2.75, 3.05) is 20.8 Å². The quantitative estimate of drug-likeness (QED) is 0.338. The number of nitrogens with zero attached hydrogens (tertiary/aromatic N) is 1. The fourth-order valence-corrected chi connectivity index (χ4v) is 1.45. The molecule has 0 aromatic heterocycles. The molecule has 0 heterocycles. The monoisotopic (exact) mass is 391 g/mol. The highest BCUT2D eigenvalue weighted by Crippen LogP contribution is 2.24. The Labute approximate surface area is 137 Å². The number of nitrogens with two attached hydrogens (primary N) is 1. The molecule has 0 fully saturated rings. The highest BCUT2D eigenvalue weighted by Gasteiger charge is 2.04. The lowest BCUT2D eigenvalue weighted by atomic mass is 10.2. The van der Waals surface area contributed by atoms with E-state index in [0.29, 0.717) is 19.0 Å². The first-order valence-electron chi connectivity index (χ1n) is 5.96. The van der Waals surface area contributed by atoms with Gasteiger partial charge in [0.25, 0.3) is 0 Å². The lowest BCUT2D eigenvalue weighted by Crippen LogP contribution is -2.32. The lowest BCUT2D eigenvalue weighted by molar-refractivity contribution is 0.391. The second kappa shape index (κ2) is 9.46. The molecule has 20 heavy (non-hydrogen) atoms. The van der Waals surface area contributed by atoms with Crippen LogP contribution in [0.15, 0.2) is 35.3 Å². The van der Waals surface area contributed by atoms with Gasteiger partial charge in [-0.1, -0.05) is 12.2 Å². The summed E-state index contributed by atoms with van der Waals surface area (Å²) in [4.78, 5) is 4.25. The molecule has 1 aromatic rings. The molecule has 0 bridgehead atoms. The van der Waals surface area contributed by atoms with Crippen molar-refractivity contribution in [1.82, 2.24) is 5.32 Å². The van der Waals surface area contributed by atoms with E-state index in [-0.39, 0.29) is 24.0 Å². The van der Waals surface area contributed by atoms with Gasteiger partial charge in [-0.05, 0) is 19.1 Å². The van der Waals surface area contributed by atoms with Crippen LogP contribution in [0.4, 0.5) is 0 Å². The summed E-state index contributed by atoms with van der Waals surface area (Å²) in [7, 11) is 3.23. The van der Waals surface area contributed by atoms with Crippen molar-refractivity contribution in [3.05, 3.63) is 35.9 Å². The average molecular weight is 391 g/mol. The molecule has 0 radical (unpaired) electrons. The maximum absolute atomic E-state index is 5.75. The van der Waals surface area contributed by atoms with Gasteiger partial charge in [-0.25, -0.2) is 4.99 Å². The van der Waals surface area contributed by atoms with Crippen molar-refractivity contribution < 1.29 is 9.47 Å². The van der Waals surface area contributed by atoms with E-state index in [1.807, 2.05) is 25.1 Å². The van der Waals surface area contributed by atoms with Crippen LogP contribution in [0, 0.1) is 0 Å². The van der Waals surface area contributed by atoms with Gasteiger partial charge in [0.2, 0.25) is 0 Å². The molecule has 0 unspecified atom stereocenters. The number of halogens is 1. The Balaban J connectivity index is 0.00000361. The highest BCUT2D eigenvalue weighted by molar-refractivity contribution is 14.0. The van der Waals surface area contributed by atoms with Crippen molar-refractivity contribution in [1.29, 1.82) is 0 Å². The largest absolute Gasteiger partial charge is 0.497 e.